The SMILES string of the molecule is COC(=O)N(C)Cc1ccoc1-c1ccc(O)c2c1C[C@H]1C[C@H]3[C@H](N(C)C)C(=O)C(C(N)=O)=C(O)[C@@]3(O)C(=O)C1=C2O. The summed E-state index contributed by atoms with van der Waals surface area (Å²) >= 11 is 0. The van der Waals surface area contributed by atoms with Crippen LogP contribution in [0.4, 0.5) is 4.79 Å². The number of rotatable bonds is 5. The number of aliphatic hydroxyl groups is 3. The van der Waals surface area contributed by atoms with Crippen LogP contribution in [0.15, 0.2) is 45.8 Å². The van der Waals surface area contributed by atoms with Gasteiger partial charge in [-0.1, -0.05) is 0 Å². The highest BCUT2D eigenvalue weighted by Gasteiger charge is 2.64. The third-order valence-electron chi connectivity index (χ3n) is 8.49. The fourth-order valence-corrected chi connectivity index (χ4v) is 6.63. The zero-order valence-corrected chi connectivity index (χ0v) is 23.4. The first-order valence-electron chi connectivity index (χ1n) is 13.1. The second-order valence-corrected chi connectivity index (χ2v) is 11.0. The van der Waals surface area contributed by atoms with Gasteiger partial charge in [-0.3, -0.25) is 19.3 Å². The number of benzene rings is 1. The number of nitrogens with zero attached hydrogens (tertiary/aromatic N) is 2. The molecule has 2 aromatic rings. The van der Waals surface area contributed by atoms with Gasteiger partial charge in [0.1, 0.15) is 28.6 Å². The van der Waals surface area contributed by atoms with Gasteiger partial charge in [0, 0.05) is 29.7 Å². The number of carbonyl (C=O) groups is 4. The van der Waals surface area contributed by atoms with Crippen molar-refractivity contribution in [2.24, 2.45) is 17.6 Å². The van der Waals surface area contributed by atoms with E-state index in [2.05, 4.69) is 0 Å². The van der Waals surface area contributed by atoms with Gasteiger partial charge >= 0.3 is 6.09 Å². The summed E-state index contributed by atoms with van der Waals surface area (Å²) in [5, 5.41) is 45.0. The van der Waals surface area contributed by atoms with E-state index in [1.165, 1.54) is 43.3 Å². The van der Waals surface area contributed by atoms with Crippen molar-refractivity contribution in [3.8, 4) is 17.1 Å². The zero-order chi connectivity index (χ0) is 30.8. The summed E-state index contributed by atoms with van der Waals surface area (Å²) < 4.78 is 10.5. The largest absolute Gasteiger partial charge is 0.508 e. The molecule has 42 heavy (non-hydrogen) atoms. The molecule has 0 spiro atoms. The number of primary amides is 1. The monoisotopic (exact) mass is 581 g/mol. The van der Waals surface area contributed by atoms with Crippen LogP contribution in [0.2, 0.25) is 0 Å². The van der Waals surface area contributed by atoms with E-state index in [1.54, 1.807) is 19.2 Å². The highest BCUT2D eigenvalue weighted by molar-refractivity contribution is 6.24. The van der Waals surface area contributed by atoms with Crippen LogP contribution in [0.25, 0.3) is 17.1 Å². The minimum Gasteiger partial charge on any atom is -0.508 e. The van der Waals surface area contributed by atoms with Crippen molar-refractivity contribution in [1.82, 2.24) is 9.80 Å². The maximum Gasteiger partial charge on any atom is 0.409 e. The van der Waals surface area contributed by atoms with Crippen molar-refractivity contribution in [3.05, 3.63) is 58.1 Å². The van der Waals surface area contributed by atoms with Crippen LogP contribution in [-0.4, -0.2) is 93.7 Å². The summed E-state index contributed by atoms with van der Waals surface area (Å²) in [6.45, 7) is 0.124. The molecular formula is C29H31N3O10. The Bertz CT molecular complexity index is 1600. The molecule has 1 saturated carbocycles. The number of ether oxygens (including phenoxy) is 1. The molecule has 2 amide bonds. The first-order chi connectivity index (χ1) is 19.7. The average Bonchev–Trinajstić information content (AvgIpc) is 3.37. The second-order valence-electron chi connectivity index (χ2n) is 11.0. The van der Waals surface area contributed by atoms with E-state index >= 15 is 0 Å². The lowest BCUT2D eigenvalue weighted by atomic mass is 9.57. The number of ketones is 2. The Morgan fingerprint density at radius 2 is 1.83 bits per heavy atom. The Morgan fingerprint density at radius 3 is 2.45 bits per heavy atom. The quantitative estimate of drug-likeness (QED) is 0.319. The molecule has 0 saturated heterocycles. The smallest absolute Gasteiger partial charge is 0.409 e. The standard InChI is InChI=1S/C29H31N3O10/c1-31(2)21-16-10-13-9-15-14(24-12(7-8-42-24)11-32(3)28(39)41-4)5-6-17(33)19(15)22(34)18(13)25(36)29(16,40)26(37)20(23(21)35)27(30)38/h5-8,13,16,21,33-34,37,40H,9-11H2,1-4H3,(H2,30,38)/t13-,16-,21-,29-/m0/s1. The molecule has 1 aromatic heterocycles. The van der Waals surface area contributed by atoms with E-state index < -0.39 is 64.1 Å². The van der Waals surface area contributed by atoms with Gasteiger partial charge in [-0.2, -0.15) is 0 Å². The molecule has 3 aliphatic rings. The van der Waals surface area contributed by atoms with E-state index in [4.69, 9.17) is 14.9 Å². The van der Waals surface area contributed by atoms with Gasteiger partial charge in [0.15, 0.2) is 11.4 Å². The normalized spacial score (nSPS) is 25.2. The van der Waals surface area contributed by atoms with Gasteiger partial charge < -0.3 is 40.2 Å². The average molecular weight is 582 g/mol. The Hall–Kier alpha value is -4.62. The van der Waals surface area contributed by atoms with Crippen LogP contribution < -0.4 is 5.73 Å². The molecule has 13 heteroatoms. The molecule has 0 bridgehead atoms. The summed E-state index contributed by atoms with van der Waals surface area (Å²) in [4.78, 5) is 54.1. The number of aliphatic hydroxyl groups excluding tert-OH is 2. The number of fused-ring (bicyclic) bond motifs is 3. The lowest BCUT2D eigenvalue weighted by Gasteiger charge is -2.50. The highest BCUT2D eigenvalue weighted by Crippen LogP contribution is 2.53. The van der Waals surface area contributed by atoms with Crippen molar-refractivity contribution < 1.29 is 48.8 Å². The molecule has 6 N–H and O–H groups in total. The van der Waals surface area contributed by atoms with Crippen LogP contribution >= 0.6 is 0 Å². The molecule has 5 rings (SSSR count). The molecule has 1 heterocycles. The number of furan rings is 1. The molecule has 0 radical (unpaired) electrons. The fraction of sp³-hybridized carbons (Fsp3) is 0.379. The number of phenols is 1. The Morgan fingerprint density at radius 1 is 1.14 bits per heavy atom. The van der Waals surface area contributed by atoms with E-state index in [-0.39, 0.29) is 36.3 Å². The maximum absolute atomic E-state index is 14.0. The first kappa shape index (κ1) is 28.9. The first-order valence-corrected chi connectivity index (χ1v) is 13.1. The van der Waals surface area contributed by atoms with Gasteiger partial charge in [0.05, 0.1) is 31.5 Å². The summed E-state index contributed by atoms with van der Waals surface area (Å²) in [5.41, 5.74) is 3.00. The summed E-state index contributed by atoms with van der Waals surface area (Å²) in [7, 11) is 5.88. The third-order valence-corrected chi connectivity index (χ3v) is 8.49. The number of hydrogen-bond acceptors (Lipinski definition) is 11. The molecule has 1 aromatic carbocycles. The number of amides is 2. The fourth-order valence-electron chi connectivity index (χ4n) is 6.63. The Kier molecular flexibility index (Phi) is 6.90. The predicted molar refractivity (Wildman–Crippen MR) is 146 cm³/mol. The van der Waals surface area contributed by atoms with Crippen LogP contribution in [0.3, 0.4) is 0 Å². The van der Waals surface area contributed by atoms with Gasteiger partial charge in [-0.15, -0.1) is 0 Å². The minimum absolute atomic E-state index is 0.0447. The number of methoxy groups -OCH3 is 1. The molecule has 4 atom stereocenters. The summed E-state index contributed by atoms with van der Waals surface area (Å²) in [6, 6.07) is 3.39. The Balaban J connectivity index is 1.67. The van der Waals surface area contributed by atoms with Gasteiger partial charge in [-0.05, 0) is 56.6 Å². The van der Waals surface area contributed by atoms with Crippen LogP contribution in [0.5, 0.6) is 5.75 Å². The number of carbonyl (C=O) groups excluding carboxylic acids is 4. The summed E-state index contributed by atoms with van der Waals surface area (Å²) in [6.07, 6.45) is 0.911. The van der Waals surface area contributed by atoms with Gasteiger partial charge in [-0.25, -0.2) is 4.79 Å². The Labute approximate surface area is 240 Å². The lowest BCUT2D eigenvalue weighted by molar-refractivity contribution is -0.153. The topological polar surface area (TPSA) is 204 Å². The van der Waals surface area contributed by atoms with Crippen LogP contribution in [0, 0.1) is 11.8 Å². The van der Waals surface area contributed by atoms with Crippen molar-refractivity contribution in [2.75, 3.05) is 28.3 Å². The molecule has 0 unspecified atom stereocenters. The van der Waals surface area contributed by atoms with Crippen molar-refractivity contribution in [3.63, 3.8) is 0 Å². The second kappa shape index (κ2) is 10.0. The van der Waals surface area contributed by atoms with Crippen LogP contribution in [-0.2, 0) is 32.1 Å². The van der Waals surface area contributed by atoms with Crippen molar-refractivity contribution in [2.45, 2.75) is 31.0 Å². The van der Waals surface area contributed by atoms with E-state index in [0.29, 0.717) is 22.5 Å². The predicted octanol–water partition coefficient (Wildman–Crippen LogP) is 1.42. The number of Topliss-reactive ketones (excluding diaryl/α,β-unsaturated/α-hetero) is 2. The third kappa shape index (κ3) is 3.99. The number of nitrogens with two attached hydrogens (primary N) is 1. The maximum atomic E-state index is 14.0. The van der Waals surface area contributed by atoms with Crippen molar-refractivity contribution in [1.29, 1.82) is 0 Å². The van der Waals surface area contributed by atoms with Gasteiger partial charge in [0.25, 0.3) is 5.91 Å². The van der Waals surface area contributed by atoms with E-state index in [9.17, 15) is 39.6 Å². The van der Waals surface area contributed by atoms with E-state index in [1.807, 2.05) is 0 Å². The molecular weight excluding hydrogens is 550 g/mol. The molecule has 13 nitrogen and oxygen atoms in total. The highest BCUT2D eigenvalue weighted by atomic mass is 16.5. The van der Waals surface area contributed by atoms with Crippen LogP contribution in [0.1, 0.15) is 23.1 Å². The van der Waals surface area contributed by atoms with Crippen molar-refractivity contribution >= 4 is 29.3 Å². The number of hydrogen-bond donors (Lipinski definition) is 5. The number of aromatic hydroxyl groups is 1. The summed E-state index contributed by atoms with van der Waals surface area (Å²) in [5.74, 6) is -6.89. The minimum atomic E-state index is -2.72. The zero-order valence-electron chi connectivity index (χ0n) is 23.4. The van der Waals surface area contributed by atoms with Gasteiger partial charge in [0.2, 0.25) is 5.78 Å². The molecule has 3 aliphatic carbocycles. The molecule has 0 aliphatic heterocycles. The lowest BCUT2D eigenvalue weighted by Crippen LogP contribution is -2.65. The molecule has 222 valence electrons. The number of phenolic OH excluding ortho intramolecular Hbond substituents is 1. The molecule has 1 fully saturated rings. The van der Waals surface area contributed by atoms with E-state index in [0.717, 1.165) is 0 Å². The number of likely N-dealkylation sites (N-methyl/N-ethyl adjacent to an activating group) is 1.